The molecule has 0 aliphatic heterocycles. The third kappa shape index (κ3) is 36.8. The van der Waals surface area contributed by atoms with Gasteiger partial charge in [0.15, 0.2) is 6.29 Å². The Kier molecular flexibility index (Phi) is 23.5. The van der Waals surface area contributed by atoms with E-state index in [0.29, 0.717) is 0 Å². The number of hydrogen-bond donors (Lipinski definition) is 8. The number of aliphatic hydroxyl groups is 5. The Morgan fingerprint density at radius 1 is 0.792 bits per heavy atom. The Morgan fingerprint density at radius 3 is 1.21 bits per heavy atom. The van der Waals surface area contributed by atoms with Crippen molar-refractivity contribution in [2.24, 2.45) is 0 Å². The summed E-state index contributed by atoms with van der Waals surface area (Å²) >= 11 is 0. The largest absolute Gasteiger partial charge is 0.481 e. The van der Waals surface area contributed by atoms with Gasteiger partial charge >= 0.3 is 0 Å². The maximum Gasteiger partial charge on any atom is 0.300 e. The van der Waals surface area contributed by atoms with Crippen LogP contribution in [-0.2, 0) is 19.2 Å². The van der Waals surface area contributed by atoms with Crippen LogP contribution >= 0.6 is 0 Å². The molecule has 24 heavy (non-hydrogen) atoms. The van der Waals surface area contributed by atoms with Gasteiger partial charge in [-0.05, 0) is 0 Å². The van der Waals surface area contributed by atoms with Gasteiger partial charge in [-0.1, -0.05) is 0 Å². The molecule has 4 atom stereocenters. The van der Waals surface area contributed by atoms with Crippen molar-refractivity contribution in [2.75, 3.05) is 6.61 Å². The molecular weight excluding hydrogens is 336 g/mol. The summed E-state index contributed by atoms with van der Waals surface area (Å²) in [5, 5.41) is 65.8. The average Bonchev–Trinajstić information content (AvgIpc) is 2.42. The number of rotatable bonds is 5. The Bertz CT molecular complexity index is 315. The van der Waals surface area contributed by atoms with Crippen molar-refractivity contribution in [2.45, 2.75) is 45.2 Å². The highest BCUT2D eigenvalue weighted by Crippen LogP contribution is 2.02. The maximum atomic E-state index is 9.90. The molecule has 8 N–H and O–H groups in total. The highest BCUT2D eigenvalue weighted by Gasteiger charge is 2.29. The lowest BCUT2D eigenvalue weighted by molar-refractivity contribution is -0.136. The Labute approximate surface area is 137 Å². The number of hydrogen-bond acceptors (Lipinski definition) is 9. The van der Waals surface area contributed by atoms with E-state index in [1.54, 1.807) is 0 Å². The predicted octanol–water partition coefficient (Wildman–Crippen LogP) is -3.11. The molecule has 0 heterocycles. The van der Waals surface area contributed by atoms with Crippen LogP contribution in [0, 0.1) is 0 Å². The predicted molar refractivity (Wildman–Crippen MR) is 77.1 cm³/mol. The van der Waals surface area contributed by atoms with Gasteiger partial charge in [-0.3, -0.25) is 14.4 Å². The molecule has 0 radical (unpaired) electrons. The second-order valence-corrected chi connectivity index (χ2v) is 3.91. The second-order valence-electron chi connectivity index (χ2n) is 3.91. The lowest BCUT2D eigenvalue weighted by atomic mass is 10.0. The van der Waals surface area contributed by atoms with E-state index in [2.05, 4.69) is 0 Å². The summed E-state index contributed by atoms with van der Waals surface area (Å²) in [6, 6.07) is 0. The summed E-state index contributed by atoms with van der Waals surface area (Å²) in [4.78, 5) is 36.9. The van der Waals surface area contributed by atoms with E-state index < -0.39 is 48.9 Å². The molecule has 0 spiro atoms. The van der Waals surface area contributed by atoms with Gasteiger partial charge in [0.25, 0.3) is 17.9 Å². The van der Waals surface area contributed by atoms with Gasteiger partial charge in [0.05, 0.1) is 6.61 Å². The van der Waals surface area contributed by atoms with Gasteiger partial charge in [-0.25, -0.2) is 0 Å². The van der Waals surface area contributed by atoms with E-state index in [4.69, 9.17) is 55.2 Å². The van der Waals surface area contributed by atoms with Crippen molar-refractivity contribution in [3.63, 3.8) is 0 Å². The number of carboxylic acids is 3. The quantitative estimate of drug-likeness (QED) is 0.228. The molecule has 0 aliphatic rings. The minimum Gasteiger partial charge on any atom is -0.481 e. The van der Waals surface area contributed by atoms with E-state index in [1.165, 1.54) is 0 Å². The topological polar surface area (TPSA) is 230 Å². The number of carboxylic acid groups (broad SMARTS) is 3. The van der Waals surface area contributed by atoms with Gasteiger partial charge < -0.3 is 45.6 Å². The molecule has 0 aromatic rings. The molecule has 0 unspecified atom stereocenters. The molecule has 0 saturated carbocycles. The van der Waals surface area contributed by atoms with Gasteiger partial charge in [0.2, 0.25) is 0 Å². The van der Waals surface area contributed by atoms with Crippen LogP contribution in [0.2, 0.25) is 0 Å². The fraction of sp³-hybridized carbons (Fsp3) is 0.667. The second kappa shape index (κ2) is 18.9. The maximum absolute atomic E-state index is 9.90. The molecule has 144 valence electrons. The van der Waals surface area contributed by atoms with E-state index in [-0.39, 0.29) is 6.29 Å². The first kappa shape index (κ1) is 29.8. The minimum atomic E-state index is -1.79. The minimum absolute atomic E-state index is 0.0258. The van der Waals surface area contributed by atoms with Crippen molar-refractivity contribution in [1.29, 1.82) is 0 Å². The molecule has 0 rings (SSSR count). The van der Waals surface area contributed by atoms with Crippen LogP contribution < -0.4 is 0 Å². The molecule has 0 amide bonds. The third-order valence-electron chi connectivity index (χ3n) is 1.42. The van der Waals surface area contributed by atoms with E-state index in [9.17, 15) is 4.79 Å². The summed E-state index contributed by atoms with van der Waals surface area (Å²) < 4.78 is 0. The molecular formula is C12H24O12. The zero-order valence-corrected chi connectivity index (χ0v) is 13.3. The standard InChI is InChI=1S/C6H12O6.3C2H4O2/c7-1-3(9)5(11)6(12)4(10)2-8;3*1-2(3)4/h1,3-6,8-12H,2H2;3*1H3,(H,3,4)/t3-,4+,5+,6+;;;/m0.../s1. The summed E-state index contributed by atoms with van der Waals surface area (Å²) in [5.41, 5.74) is 0. The summed E-state index contributed by atoms with van der Waals surface area (Å²) in [6.07, 6.45) is -6.84. The van der Waals surface area contributed by atoms with Crippen LogP contribution in [0.1, 0.15) is 20.8 Å². The smallest absolute Gasteiger partial charge is 0.300 e. The first-order valence-electron chi connectivity index (χ1n) is 6.11. The molecule has 0 saturated heterocycles. The highest BCUT2D eigenvalue weighted by atomic mass is 16.4. The molecule has 12 nitrogen and oxygen atoms in total. The normalized spacial score (nSPS) is 13.7. The van der Waals surface area contributed by atoms with Crippen LogP contribution in [0.15, 0.2) is 0 Å². The first-order valence-corrected chi connectivity index (χ1v) is 6.11. The van der Waals surface area contributed by atoms with Gasteiger partial charge in [0.1, 0.15) is 24.4 Å². The van der Waals surface area contributed by atoms with Crippen LogP contribution in [-0.4, -0.2) is 96.1 Å². The van der Waals surface area contributed by atoms with Gasteiger partial charge in [-0.2, -0.15) is 0 Å². The van der Waals surface area contributed by atoms with Crippen molar-refractivity contribution in [3.8, 4) is 0 Å². The van der Waals surface area contributed by atoms with Crippen LogP contribution in [0.25, 0.3) is 0 Å². The third-order valence-corrected chi connectivity index (χ3v) is 1.42. The molecule has 12 heteroatoms. The van der Waals surface area contributed by atoms with Crippen molar-refractivity contribution in [1.82, 2.24) is 0 Å². The average molecular weight is 360 g/mol. The number of aliphatic carboxylic acids is 3. The van der Waals surface area contributed by atoms with Crippen LogP contribution in [0.5, 0.6) is 0 Å². The van der Waals surface area contributed by atoms with Crippen LogP contribution in [0.4, 0.5) is 0 Å². The van der Waals surface area contributed by atoms with Crippen molar-refractivity contribution in [3.05, 3.63) is 0 Å². The summed E-state index contributed by atoms with van der Waals surface area (Å²) in [6.45, 7) is 2.49. The number of carbonyl (C=O) groups excluding carboxylic acids is 1. The molecule has 0 bridgehead atoms. The summed E-state index contributed by atoms with van der Waals surface area (Å²) in [7, 11) is 0. The zero-order chi connectivity index (χ0) is 20.5. The van der Waals surface area contributed by atoms with Crippen molar-refractivity contribution >= 4 is 24.2 Å². The number of aldehydes is 1. The SMILES string of the molecule is CC(=O)O.CC(=O)O.CC(=O)O.O=C[C@H](O)[C@@H](O)[C@H](O)[C@H](O)CO. The van der Waals surface area contributed by atoms with E-state index >= 15 is 0 Å². The lowest BCUT2D eigenvalue weighted by Crippen LogP contribution is -2.46. The van der Waals surface area contributed by atoms with E-state index in [1.807, 2.05) is 0 Å². The number of carbonyl (C=O) groups is 4. The fourth-order valence-electron chi connectivity index (χ4n) is 0.618. The Morgan fingerprint density at radius 2 is 1.04 bits per heavy atom. The number of aliphatic hydroxyl groups excluding tert-OH is 5. The first-order chi connectivity index (χ1) is 10.7. The van der Waals surface area contributed by atoms with Crippen molar-refractivity contribution < 1.29 is 60.0 Å². The molecule has 0 aliphatic carbocycles. The molecule has 0 aromatic carbocycles. The lowest BCUT2D eigenvalue weighted by Gasteiger charge is -2.22. The fourth-order valence-corrected chi connectivity index (χ4v) is 0.618. The zero-order valence-electron chi connectivity index (χ0n) is 13.3. The Balaban J connectivity index is -0.000000137. The van der Waals surface area contributed by atoms with Crippen LogP contribution in [0.3, 0.4) is 0 Å². The Hall–Kier alpha value is -2.12. The monoisotopic (exact) mass is 360 g/mol. The molecule has 0 fully saturated rings. The van der Waals surface area contributed by atoms with Gasteiger partial charge in [0, 0.05) is 20.8 Å². The highest BCUT2D eigenvalue weighted by molar-refractivity contribution is 5.63. The molecule has 0 aromatic heterocycles. The summed E-state index contributed by atoms with van der Waals surface area (Å²) in [5.74, 6) is -2.50. The van der Waals surface area contributed by atoms with Gasteiger partial charge in [-0.15, -0.1) is 0 Å². The van der Waals surface area contributed by atoms with E-state index in [0.717, 1.165) is 20.8 Å².